The van der Waals surface area contributed by atoms with Gasteiger partial charge >= 0.3 is 11.9 Å². The van der Waals surface area contributed by atoms with Gasteiger partial charge in [-0.05, 0) is 31.5 Å². The molecule has 0 saturated carbocycles. The van der Waals surface area contributed by atoms with Crippen molar-refractivity contribution in [3.63, 3.8) is 0 Å². The zero-order chi connectivity index (χ0) is 19.7. The molecule has 0 aromatic heterocycles. The Labute approximate surface area is 162 Å². The van der Waals surface area contributed by atoms with E-state index in [4.69, 9.17) is 24.5 Å². The number of aliphatic carboxylic acids is 2. The van der Waals surface area contributed by atoms with Gasteiger partial charge in [-0.2, -0.15) is 0 Å². The average Bonchev–Trinajstić information content (AvgIpc) is 2.62. The first-order chi connectivity index (χ1) is 12.3. The highest BCUT2D eigenvalue weighted by Gasteiger charge is 2.20. The second-order valence-corrected chi connectivity index (χ2v) is 7.05. The third-order valence-electron chi connectivity index (χ3n) is 4.44. The topological polar surface area (TPSA) is 90.3 Å². The van der Waals surface area contributed by atoms with Crippen molar-refractivity contribution < 1.29 is 24.5 Å². The summed E-state index contributed by atoms with van der Waals surface area (Å²) in [4.78, 5) is 23.3. The number of carboxylic acids is 2. The number of hydrogen-bond acceptors (Lipinski definition) is 5. The van der Waals surface area contributed by atoms with Crippen molar-refractivity contribution >= 4 is 27.9 Å². The molecule has 2 N–H and O–H groups in total. The first kappa shape index (κ1) is 22.4. The molecule has 7 nitrogen and oxygen atoms in total. The highest BCUT2D eigenvalue weighted by molar-refractivity contribution is 9.10. The normalized spacial score (nSPS) is 16.3. The molecule has 146 valence electrons. The van der Waals surface area contributed by atoms with Crippen LogP contribution in [0.15, 0.2) is 22.7 Å². The van der Waals surface area contributed by atoms with E-state index in [2.05, 4.69) is 45.6 Å². The van der Waals surface area contributed by atoms with Crippen LogP contribution >= 0.6 is 15.9 Å². The zero-order valence-corrected chi connectivity index (χ0v) is 17.0. The summed E-state index contributed by atoms with van der Waals surface area (Å²) >= 11 is 3.55. The fraction of sp³-hybridized carbons (Fsp3) is 0.556. The number of ether oxygens (including phenoxy) is 1. The van der Waals surface area contributed by atoms with Gasteiger partial charge in [-0.25, -0.2) is 9.59 Å². The molecular weight excluding hydrogens is 404 g/mol. The van der Waals surface area contributed by atoms with E-state index in [0.717, 1.165) is 29.9 Å². The molecule has 1 fully saturated rings. The third kappa shape index (κ3) is 7.31. The number of halogens is 1. The van der Waals surface area contributed by atoms with Gasteiger partial charge in [-0.15, -0.1) is 0 Å². The highest BCUT2D eigenvalue weighted by Crippen LogP contribution is 2.25. The van der Waals surface area contributed by atoms with Gasteiger partial charge in [0.1, 0.15) is 5.75 Å². The molecule has 1 atom stereocenters. The van der Waals surface area contributed by atoms with Gasteiger partial charge < -0.3 is 14.9 Å². The van der Waals surface area contributed by atoms with Crippen molar-refractivity contribution in [2.75, 3.05) is 33.3 Å². The molecule has 0 spiro atoms. The lowest BCUT2D eigenvalue weighted by molar-refractivity contribution is -0.159. The lowest BCUT2D eigenvalue weighted by atomic mass is 10.1. The number of carboxylic acid groups (broad SMARTS) is 2. The Bertz CT molecular complexity index is 591. The van der Waals surface area contributed by atoms with Crippen LogP contribution in [0.1, 0.15) is 25.8 Å². The van der Waals surface area contributed by atoms with Gasteiger partial charge in [0, 0.05) is 48.8 Å². The molecule has 1 aromatic carbocycles. The number of nitrogens with zero attached hydrogens (tertiary/aromatic N) is 2. The maximum atomic E-state index is 9.10. The second-order valence-electron chi connectivity index (χ2n) is 6.14. The minimum Gasteiger partial charge on any atom is -0.496 e. The molecule has 0 aliphatic carbocycles. The summed E-state index contributed by atoms with van der Waals surface area (Å²) in [6.07, 6.45) is 1.24. The standard InChI is InChI=1S/C16H25BrN2O.C2H2O4/c1-4-13(2)19-9-7-18(8-10-19)12-14-11-15(17)5-6-16(14)20-3;3-1(4)2(5)6/h5-6,11,13H,4,7-10,12H2,1-3H3;(H,3,4)(H,5,6). The summed E-state index contributed by atoms with van der Waals surface area (Å²) in [6.45, 7) is 10.2. The Morgan fingerprint density at radius 1 is 1.19 bits per heavy atom. The summed E-state index contributed by atoms with van der Waals surface area (Å²) in [5.74, 6) is -2.66. The van der Waals surface area contributed by atoms with E-state index >= 15 is 0 Å². The molecule has 1 saturated heterocycles. The van der Waals surface area contributed by atoms with E-state index in [9.17, 15) is 0 Å². The third-order valence-corrected chi connectivity index (χ3v) is 4.93. The molecule has 1 aliphatic heterocycles. The molecule has 0 radical (unpaired) electrons. The molecule has 1 aromatic rings. The lowest BCUT2D eigenvalue weighted by Crippen LogP contribution is -2.49. The molecule has 26 heavy (non-hydrogen) atoms. The quantitative estimate of drug-likeness (QED) is 0.693. The van der Waals surface area contributed by atoms with E-state index in [1.165, 1.54) is 25.1 Å². The van der Waals surface area contributed by atoms with Crippen LogP contribution < -0.4 is 4.74 Å². The largest absolute Gasteiger partial charge is 0.496 e. The van der Waals surface area contributed by atoms with Gasteiger partial charge in [0.15, 0.2) is 0 Å². The smallest absolute Gasteiger partial charge is 0.414 e. The lowest BCUT2D eigenvalue weighted by Gasteiger charge is -2.38. The van der Waals surface area contributed by atoms with Crippen LogP contribution in [-0.4, -0.2) is 71.3 Å². The Morgan fingerprint density at radius 3 is 2.23 bits per heavy atom. The highest BCUT2D eigenvalue weighted by atomic mass is 79.9. The van der Waals surface area contributed by atoms with Gasteiger partial charge in [0.25, 0.3) is 0 Å². The maximum Gasteiger partial charge on any atom is 0.414 e. The van der Waals surface area contributed by atoms with E-state index < -0.39 is 11.9 Å². The van der Waals surface area contributed by atoms with E-state index in [1.54, 1.807) is 7.11 Å². The summed E-state index contributed by atoms with van der Waals surface area (Å²) in [7, 11) is 1.74. The molecule has 8 heteroatoms. The van der Waals surface area contributed by atoms with Crippen molar-refractivity contribution in [2.45, 2.75) is 32.9 Å². The summed E-state index contributed by atoms with van der Waals surface area (Å²) in [6, 6.07) is 6.94. The Hall–Kier alpha value is -1.64. The molecular formula is C18H27BrN2O5. The number of hydrogen-bond donors (Lipinski definition) is 2. The Morgan fingerprint density at radius 2 is 1.77 bits per heavy atom. The van der Waals surface area contributed by atoms with Crippen LogP contribution in [0.4, 0.5) is 0 Å². The second kappa shape index (κ2) is 11.2. The fourth-order valence-electron chi connectivity index (χ4n) is 2.73. The van der Waals surface area contributed by atoms with E-state index in [1.807, 2.05) is 12.1 Å². The van der Waals surface area contributed by atoms with Crippen LogP contribution in [0.2, 0.25) is 0 Å². The van der Waals surface area contributed by atoms with E-state index in [0.29, 0.717) is 6.04 Å². The minimum atomic E-state index is -1.82. The van der Waals surface area contributed by atoms with Crippen LogP contribution in [0.3, 0.4) is 0 Å². The molecule has 0 bridgehead atoms. The number of carbonyl (C=O) groups is 2. The maximum absolute atomic E-state index is 9.10. The predicted molar refractivity (Wildman–Crippen MR) is 103 cm³/mol. The van der Waals surface area contributed by atoms with Crippen LogP contribution in [-0.2, 0) is 16.1 Å². The number of benzene rings is 1. The molecule has 2 rings (SSSR count). The number of rotatable bonds is 5. The molecule has 1 heterocycles. The van der Waals surface area contributed by atoms with Crippen LogP contribution in [0.25, 0.3) is 0 Å². The van der Waals surface area contributed by atoms with Crippen molar-refractivity contribution in [2.24, 2.45) is 0 Å². The van der Waals surface area contributed by atoms with Crippen LogP contribution in [0, 0.1) is 0 Å². The van der Waals surface area contributed by atoms with Crippen molar-refractivity contribution in [1.82, 2.24) is 9.80 Å². The molecule has 1 unspecified atom stereocenters. The van der Waals surface area contributed by atoms with Gasteiger partial charge in [-0.1, -0.05) is 22.9 Å². The average molecular weight is 431 g/mol. The fourth-order valence-corrected chi connectivity index (χ4v) is 3.14. The van der Waals surface area contributed by atoms with Gasteiger partial charge in [0.05, 0.1) is 7.11 Å². The van der Waals surface area contributed by atoms with Crippen molar-refractivity contribution in [3.05, 3.63) is 28.2 Å². The Kier molecular flexibility index (Phi) is 9.61. The summed E-state index contributed by atoms with van der Waals surface area (Å²) < 4.78 is 6.58. The monoisotopic (exact) mass is 430 g/mol. The molecule has 0 amide bonds. The molecule has 1 aliphatic rings. The summed E-state index contributed by atoms with van der Waals surface area (Å²) in [5, 5.41) is 14.8. The Balaban J connectivity index is 0.000000487. The number of piperazine rings is 1. The minimum absolute atomic E-state index is 0.706. The van der Waals surface area contributed by atoms with Crippen molar-refractivity contribution in [3.8, 4) is 5.75 Å². The van der Waals surface area contributed by atoms with Crippen LogP contribution in [0.5, 0.6) is 5.75 Å². The summed E-state index contributed by atoms with van der Waals surface area (Å²) in [5.41, 5.74) is 1.26. The first-order valence-corrected chi connectivity index (χ1v) is 9.32. The van der Waals surface area contributed by atoms with E-state index in [-0.39, 0.29) is 0 Å². The van der Waals surface area contributed by atoms with Crippen molar-refractivity contribution in [1.29, 1.82) is 0 Å². The zero-order valence-electron chi connectivity index (χ0n) is 15.4. The van der Waals surface area contributed by atoms with Gasteiger partial charge in [-0.3, -0.25) is 9.80 Å². The number of methoxy groups -OCH3 is 1. The first-order valence-electron chi connectivity index (χ1n) is 8.53. The predicted octanol–water partition coefficient (Wildman–Crippen LogP) is 2.53. The SMILES string of the molecule is CCC(C)N1CCN(Cc2cc(Br)ccc2OC)CC1.O=C(O)C(=O)O. The van der Waals surface area contributed by atoms with Gasteiger partial charge in [0.2, 0.25) is 0 Å².